The van der Waals surface area contributed by atoms with E-state index < -0.39 is 11.5 Å². The lowest BCUT2D eigenvalue weighted by Gasteiger charge is -2.11. The standard InChI is InChI=1S/C20H25N5O5S/c1-2-29-13-7-5-12(6-8-13)18(27)23-16-17(21)24-20(25-19(16)28)31-11-15(26)22-10-14-4-3-9-30-14/h5-8,14H,2-4,9-11H2,1H3,(H,22,26)(H,23,27)(H3,21,24,25,28)/t14-/m1/s1. The first kappa shape index (κ1) is 22.6. The highest BCUT2D eigenvalue weighted by Gasteiger charge is 2.17. The SMILES string of the molecule is CCOc1ccc(C(=O)Nc2c(N)nc(SCC(=O)NC[C@H]3CCCO3)[nH]c2=O)cc1. The predicted molar refractivity (Wildman–Crippen MR) is 118 cm³/mol. The number of nitrogens with two attached hydrogens (primary N) is 1. The fourth-order valence-corrected chi connectivity index (χ4v) is 3.63. The number of hydrogen-bond acceptors (Lipinski definition) is 8. The van der Waals surface area contributed by atoms with Gasteiger partial charge in [0.2, 0.25) is 5.91 Å². The smallest absolute Gasteiger partial charge is 0.277 e. The first-order valence-electron chi connectivity index (χ1n) is 9.91. The molecule has 1 aliphatic heterocycles. The van der Waals surface area contributed by atoms with E-state index >= 15 is 0 Å². The molecule has 1 aliphatic rings. The summed E-state index contributed by atoms with van der Waals surface area (Å²) in [5.74, 6) is -0.136. The second-order valence-electron chi connectivity index (χ2n) is 6.77. The molecule has 2 heterocycles. The minimum absolute atomic E-state index is 0.0563. The zero-order valence-corrected chi connectivity index (χ0v) is 17.9. The third-order valence-corrected chi connectivity index (χ3v) is 5.36. The summed E-state index contributed by atoms with van der Waals surface area (Å²) in [5, 5.41) is 5.45. The number of H-pyrrole nitrogens is 1. The van der Waals surface area contributed by atoms with Crippen molar-refractivity contribution in [2.24, 2.45) is 0 Å². The summed E-state index contributed by atoms with van der Waals surface area (Å²) >= 11 is 1.04. The van der Waals surface area contributed by atoms with Crippen LogP contribution in [0.2, 0.25) is 0 Å². The molecule has 11 heteroatoms. The molecule has 0 aliphatic carbocycles. The molecule has 1 fully saturated rings. The summed E-state index contributed by atoms with van der Waals surface area (Å²) in [7, 11) is 0. The second-order valence-corrected chi connectivity index (χ2v) is 7.73. The fraction of sp³-hybridized carbons (Fsp3) is 0.400. The average molecular weight is 448 g/mol. The zero-order chi connectivity index (χ0) is 22.2. The number of nitrogens with zero attached hydrogens (tertiary/aromatic N) is 1. The number of benzene rings is 1. The molecule has 31 heavy (non-hydrogen) atoms. The number of amides is 2. The van der Waals surface area contributed by atoms with E-state index in [0.717, 1.165) is 31.2 Å². The van der Waals surface area contributed by atoms with Crippen LogP contribution >= 0.6 is 11.8 Å². The maximum Gasteiger partial charge on any atom is 0.277 e. The predicted octanol–water partition coefficient (Wildman–Crippen LogP) is 1.39. The summed E-state index contributed by atoms with van der Waals surface area (Å²) in [5.41, 5.74) is 5.45. The number of rotatable bonds is 9. The van der Waals surface area contributed by atoms with E-state index in [-0.39, 0.29) is 34.4 Å². The lowest BCUT2D eigenvalue weighted by molar-refractivity contribution is -0.119. The van der Waals surface area contributed by atoms with E-state index in [1.165, 1.54) is 0 Å². The number of thioether (sulfide) groups is 1. The van der Waals surface area contributed by atoms with Crippen molar-refractivity contribution in [3.8, 4) is 5.75 Å². The van der Waals surface area contributed by atoms with Crippen LogP contribution in [-0.4, -0.2) is 53.4 Å². The van der Waals surface area contributed by atoms with Crippen LogP contribution in [0.15, 0.2) is 34.2 Å². The Labute approximate surface area is 183 Å². The van der Waals surface area contributed by atoms with Crippen molar-refractivity contribution in [1.29, 1.82) is 0 Å². The van der Waals surface area contributed by atoms with Crippen molar-refractivity contribution >= 4 is 35.1 Å². The lowest BCUT2D eigenvalue weighted by atomic mass is 10.2. The van der Waals surface area contributed by atoms with Crippen molar-refractivity contribution in [3.05, 3.63) is 40.2 Å². The average Bonchev–Trinajstić information content (AvgIpc) is 3.28. The first-order chi connectivity index (χ1) is 15.0. The Morgan fingerprint density at radius 1 is 1.35 bits per heavy atom. The highest BCUT2D eigenvalue weighted by atomic mass is 32.2. The number of hydrogen-bond donors (Lipinski definition) is 4. The van der Waals surface area contributed by atoms with E-state index in [0.29, 0.717) is 24.5 Å². The van der Waals surface area contributed by atoms with E-state index in [2.05, 4.69) is 20.6 Å². The molecule has 5 N–H and O–H groups in total. The van der Waals surface area contributed by atoms with Gasteiger partial charge in [0.25, 0.3) is 11.5 Å². The molecule has 2 amide bonds. The number of anilines is 2. The molecule has 10 nitrogen and oxygen atoms in total. The Bertz CT molecular complexity index is 973. The quantitative estimate of drug-likeness (QED) is 0.333. The third kappa shape index (κ3) is 6.46. The van der Waals surface area contributed by atoms with Gasteiger partial charge >= 0.3 is 0 Å². The van der Waals surface area contributed by atoms with Gasteiger partial charge in [-0.05, 0) is 44.0 Å². The van der Waals surface area contributed by atoms with Gasteiger partial charge in [0.1, 0.15) is 11.4 Å². The van der Waals surface area contributed by atoms with E-state index in [9.17, 15) is 14.4 Å². The largest absolute Gasteiger partial charge is 0.494 e. The molecule has 1 aromatic heterocycles. The number of nitrogen functional groups attached to an aromatic ring is 1. The number of aromatic nitrogens is 2. The monoisotopic (exact) mass is 447 g/mol. The highest BCUT2D eigenvalue weighted by molar-refractivity contribution is 7.99. The zero-order valence-electron chi connectivity index (χ0n) is 17.1. The number of aromatic amines is 1. The van der Waals surface area contributed by atoms with Gasteiger partial charge in [-0.3, -0.25) is 19.4 Å². The minimum atomic E-state index is -0.603. The van der Waals surface area contributed by atoms with Crippen LogP contribution in [0.4, 0.5) is 11.5 Å². The fourth-order valence-electron chi connectivity index (χ4n) is 2.93. The van der Waals surface area contributed by atoms with Crippen LogP contribution in [0.25, 0.3) is 0 Å². The maximum atomic E-state index is 12.4. The first-order valence-corrected chi connectivity index (χ1v) is 10.9. The molecule has 166 valence electrons. The van der Waals surface area contributed by atoms with Gasteiger partial charge in [0, 0.05) is 18.7 Å². The van der Waals surface area contributed by atoms with Crippen LogP contribution in [0.5, 0.6) is 5.75 Å². The van der Waals surface area contributed by atoms with Crippen molar-refractivity contribution in [2.45, 2.75) is 31.0 Å². The van der Waals surface area contributed by atoms with Gasteiger partial charge in [-0.2, -0.15) is 0 Å². The van der Waals surface area contributed by atoms with E-state index in [1.54, 1.807) is 24.3 Å². The van der Waals surface area contributed by atoms with Gasteiger partial charge in [-0.25, -0.2) is 4.98 Å². The molecule has 2 aromatic rings. The molecule has 0 unspecified atom stereocenters. The van der Waals surface area contributed by atoms with Crippen molar-refractivity contribution in [1.82, 2.24) is 15.3 Å². The van der Waals surface area contributed by atoms with Crippen molar-refractivity contribution < 1.29 is 19.1 Å². The molecule has 3 rings (SSSR count). The summed E-state index contributed by atoms with van der Waals surface area (Å²) in [6, 6.07) is 6.48. The molecule has 0 spiro atoms. The number of carbonyl (C=O) groups excluding carboxylic acids is 2. The summed E-state index contributed by atoms with van der Waals surface area (Å²) in [6.45, 7) is 3.57. The summed E-state index contributed by atoms with van der Waals surface area (Å²) in [6.07, 6.45) is 1.99. The molecule has 1 aromatic carbocycles. The van der Waals surface area contributed by atoms with Gasteiger partial charge in [0.05, 0.1) is 18.5 Å². The molecular formula is C20H25N5O5S. The van der Waals surface area contributed by atoms with E-state index in [1.807, 2.05) is 6.92 Å². The maximum absolute atomic E-state index is 12.4. The third-order valence-electron chi connectivity index (χ3n) is 4.48. The Morgan fingerprint density at radius 3 is 2.77 bits per heavy atom. The number of nitrogens with one attached hydrogen (secondary N) is 3. The van der Waals surface area contributed by atoms with E-state index in [4.69, 9.17) is 15.2 Å². The second kappa shape index (κ2) is 10.8. The van der Waals surface area contributed by atoms with Gasteiger partial charge < -0.3 is 25.8 Å². The van der Waals surface area contributed by atoms with Crippen molar-refractivity contribution in [2.75, 3.05) is 36.6 Å². The molecule has 1 saturated heterocycles. The Morgan fingerprint density at radius 2 is 2.13 bits per heavy atom. The van der Waals surface area contributed by atoms with Crippen LogP contribution < -0.4 is 26.7 Å². The van der Waals surface area contributed by atoms with Crippen LogP contribution in [0, 0.1) is 0 Å². The van der Waals surface area contributed by atoms with Crippen LogP contribution in [0.1, 0.15) is 30.1 Å². The van der Waals surface area contributed by atoms with Gasteiger partial charge in [-0.15, -0.1) is 0 Å². The molecule has 1 atom stereocenters. The van der Waals surface area contributed by atoms with Crippen molar-refractivity contribution in [3.63, 3.8) is 0 Å². The summed E-state index contributed by atoms with van der Waals surface area (Å²) < 4.78 is 10.8. The topological polar surface area (TPSA) is 148 Å². The lowest BCUT2D eigenvalue weighted by Crippen LogP contribution is -2.33. The number of ether oxygens (including phenoxy) is 2. The molecule has 0 saturated carbocycles. The van der Waals surface area contributed by atoms with Gasteiger partial charge in [0.15, 0.2) is 11.0 Å². The Kier molecular flexibility index (Phi) is 7.90. The molecule has 0 bridgehead atoms. The number of carbonyl (C=O) groups is 2. The summed E-state index contributed by atoms with van der Waals surface area (Å²) in [4.78, 5) is 43.4. The molecular weight excluding hydrogens is 422 g/mol. The highest BCUT2D eigenvalue weighted by Crippen LogP contribution is 2.18. The Hall–Kier alpha value is -3.05. The van der Waals surface area contributed by atoms with Gasteiger partial charge in [-0.1, -0.05) is 11.8 Å². The normalized spacial score (nSPS) is 15.5. The Balaban J connectivity index is 1.56. The van der Waals surface area contributed by atoms with Crippen LogP contribution in [0.3, 0.4) is 0 Å². The molecule has 0 radical (unpaired) electrons. The van der Waals surface area contributed by atoms with Crippen LogP contribution in [-0.2, 0) is 9.53 Å². The minimum Gasteiger partial charge on any atom is -0.494 e.